The van der Waals surface area contributed by atoms with Crippen LogP contribution in [0.1, 0.15) is 34.8 Å². The fraction of sp³-hybridized carbons (Fsp3) is 0.556. The average Bonchev–Trinajstić information content (AvgIpc) is 2.70. The maximum Gasteiger partial charge on any atom is 0.357 e. The summed E-state index contributed by atoms with van der Waals surface area (Å²) in [5.41, 5.74) is 0.446. The molecule has 2 unspecified atom stereocenters. The number of rotatable bonds is 2. The molecule has 1 aliphatic carbocycles. The summed E-state index contributed by atoms with van der Waals surface area (Å²) in [6.45, 7) is 2.20. The van der Waals surface area contributed by atoms with Crippen molar-refractivity contribution in [3.63, 3.8) is 0 Å². The predicted octanol–water partition coefficient (Wildman–Crippen LogP) is 2.05. The summed E-state index contributed by atoms with van der Waals surface area (Å²) in [6.07, 6.45) is 1.20. The lowest BCUT2D eigenvalue weighted by molar-refractivity contribution is 0.0594. The van der Waals surface area contributed by atoms with E-state index in [1.165, 1.54) is 13.5 Å². The summed E-state index contributed by atoms with van der Waals surface area (Å²) in [5.74, 6) is 0.982. The van der Waals surface area contributed by atoms with Gasteiger partial charge < -0.3 is 4.74 Å². The molecular weight excluding hydrogens is 186 g/mol. The highest BCUT2D eigenvalue weighted by atomic mass is 32.1. The zero-order valence-electron chi connectivity index (χ0n) is 7.61. The van der Waals surface area contributed by atoms with Gasteiger partial charge in [-0.1, -0.05) is 6.92 Å². The van der Waals surface area contributed by atoms with Gasteiger partial charge in [-0.25, -0.2) is 9.78 Å². The molecule has 0 N–H and O–H groups in total. The maximum atomic E-state index is 11.1. The monoisotopic (exact) mass is 197 g/mol. The zero-order valence-corrected chi connectivity index (χ0v) is 8.43. The molecule has 0 aliphatic heterocycles. The number of carbonyl (C=O) groups is 1. The van der Waals surface area contributed by atoms with E-state index in [0.29, 0.717) is 11.6 Å². The van der Waals surface area contributed by atoms with E-state index in [9.17, 15) is 4.79 Å². The number of esters is 1. The van der Waals surface area contributed by atoms with Gasteiger partial charge in [0.2, 0.25) is 0 Å². The molecule has 0 spiro atoms. The normalized spacial score (nSPS) is 25.7. The van der Waals surface area contributed by atoms with E-state index in [1.54, 1.807) is 16.7 Å². The van der Waals surface area contributed by atoms with Crippen molar-refractivity contribution in [1.82, 2.24) is 4.98 Å². The maximum absolute atomic E-state index is 11.1. The summed E-state index contributed by atoms with van der Waals surface area (Å²) in [5, 5.41) is 2.85. The fourth-order valence-corrected chi connectivity index (χ4v) is 2.36. The van der Waals surface area contributed by atoms with Crippen LogP contribution in [-0.4, -0.2) is 18.1 Å². The second-order valence-electron chi connectivity index (χ2n) is 3.38. The number of hydrogen-bond acceptors (Lipinski definition) is 4. The smallest absolute Gasteiger partial charge is 0.357 e. The van der Waals surface area contributed by atoms with E-state index in [2.05, 4.69) is 16.6 Å². The van der Waals surface area contributed by atoms with E-state index >= 15 is 0 Å². The molecule has 1 saturated carbocycles. The van der Waals surface area contributed by atoms with Crippen molar-refractivity contribution in [2.75, 3.05) is 7.11 Å². The Morgan fingerprint density at radius 3 is 3.00 bits per heavy atom. The van der Waals surface area contributed by atoms with Gasteiger partial charge in [0.25, 0.3) is 0 Å². The summed E-state index contributed by atoms with van der Waals surface area (Å²) in [7, 11) is 1.38. The number of aromatic nitrogens is 1. The molecule has 1 aromatic heterocycles. The van der Waals surface area contributed by atoms with Gasteiger partial charge in [0.05, 0.1) is 12.1 Å². The van der Waals surface area contributed by atoms with Crippen molar-refractivity contribution in [3.8, 4) is 0 Å². The van der Waals surface area contributed by atoms with Crippen LogP contribution in [0.3, 0.4) is 0 Å². The highest BCUT2D eigenvalue weighted by Crippen LogP contribution is 2.47. The molecule has 2 atom stereocenters. The Labute approximate surface area is 80.8 Å². The molecule has 4 heteroatoms. The molecule has 0 amide bonds. The first-order chi connectivity index (χ1) is 6.22. The molecule has 2 rings (SSSR count). The molecule has 3 nitrogen and oxygen atoms in total. The van der Waals surface area contributed by atoms with Gasteiger partial charge >= 0.3 is 5.97 Å². The third-order valence-electron chi connectivity index (χ3n) is 2.34. The molecule has 1 aromatic rings. The van der Waals surface area contributed by atoms with Crippen molar-refractivity contribution in [1.29, 1.82) is 0 Å². The Bertz CT molecular complexity index is 334. The second-order valence-corrected chi connectivity index (χ2v) is 4.27. The fourth-order valence-electron chi connectivity index (χ4n) is 1.32. The Kier molecular flexibility index (Phi) is 2.07. The average molecular weight is 197 g/mol. The Morgan fingerprint density at radius 2 is 2.46 bits per heavy atom. The van der Waals surface area contributed by atoms with Crippen molar-refractivity contribution in [2.24, 2.45) is 5.92 Å². The predicted molar refractivity (Wildman–Crippen MR) is 50.0 cm³/mol. The molecule has 1 fully saturated rings. The molecule has 70 valence electrons. The quantitative estimate of drug-likeness (QED) is 0.681. The standard InChI is InChI=1S/C9H11NO2S/c1-5-3-6(5)8-10-7(4-13-8)9(11)12-2/h4-6H,3H2,1-2H3. The Morgan fingerprint density at radius 1 is 1.77 bits per heavy atom. The minimum atomic E-state index is -0.337. The number of thiazole rings is 1. The first-order valence-corrected chi connectivity index (χ1v) is 5.14. The Hall–Kier alpha value is -0.900. The van der Waals surface area contributed by atoms with Crippen molar-refractivity contribution in [3.05, 3.63) is 16.1 Å². The number of carbonyl (C=O) groups excluding carboxylic acids is 1. The molecule has 1 aliphatic rings. The van der Waals surface area contributed by atoms with E-state index in [-0.39, 0.29) is 5.97 Å². The minimum absolute atomic E-state index is 0.337. The molecule has 13 heavy (non-hydrogen) atoms. The van der Waals surface area contributed by atoms with Crippen LogP contribution in [0.4, 0.5) is 0 Å². The first kappa shape index (κ1) is 8.69. The number of methoxy groups -OCH3 is 1. The van der Waals surface area contributed by atoms with Gasteiger partial charge in [-0.05, 0) is 12.3 Å². The van der Waals surface area contributed by atoms with Crippen molar-refractivity contribution < 1.29 is 9.53 Å². The molecule has 1 heterocycles. The zero-order chi connectivity index (χ0) is 9.42. The van der Waals surface area contributed by atoms with Crippen LogP contribution in [0.5, 0.6) is 0 Å². The van der Waals surface area contributed by atoms with Crippen LogP contribution >= 0.6 is 11.3 Å². The first-order valence-electron chi connectivity index (χ1n) is 4.26. The summed E-state index contributed by atoms with van der Waals surface area (Å²) >= 11 is 1.56. The molecule has 0 aromatic carbocycles. The van der Waals surface area contributed by atoms with E-state index in [0.717, 1.165) is 10.9 Å². The van der Waals surface area contributed by atoms with Crippen LogP contribution < -0.4 is 0 Å². The van der Waals surface area contributed by atoms with Crippen LogP contribution in [0, 0.1) is 5.92 Å². The molecule has 0 radical (unpaired) electrons. The van der Waals surface area contributed by atoms with Crippen LogP contribution in [0.2, 0.25) is 0 Å². The van der Waals surface area contributed by atoms with E-state index < -0.39 is 0 Å². The highest BCUT2D eigenvalue weighted by molar-refractivity contribution is 7.10. The summed E-state index contributed by atoms with van der Waals surface area (Å²) in [6, 6.07) is 0. The van der Waals surface area contributed by atoms with E-state index in [4.69, 9.17) is 0 Å². The Balaban J connectivity index is 2.14. The topological polar surface area (TPSA) is 39.2 Å². The van der Waals surface area contributed by atoms with Gasteiger partial charge in [0.15, 0.2) is 5.69 Å². The molecule has 0 bridgehead atoms. The lowest BCUT2D eigenvalue weighted by Gasteiger charge is -1.91. The number of hydrogen-bond donors (Lipinski definition) is 0. The third kappa shape index (κ3) is 1.58. The van der Waals surface area contributed by atoms with Crippen LogP contribution in [0.15, 0.2) is 5.38 Å². The van der Waals surface area contributed by atoms with Crippen LogP contribution in [-0.2, 0) is 4.74 Å². The number of nitrogens with zero attached hydrogens (tertiary/aromatic N) is 1. The molecule has 0 saturated heterocycles. The van der Waals surface area contributed by atoms with Gasteiger partial charge in [0.1, 0.15) is 0 Å². The summed E-state index contributed by atoms with van der Waals surface area (Å²) in [4.78, 5) is 15.3. The third-order valence-corrected chi connectivity index (χ3v) is 3.32. The van der Waals surface area contributed by atoms with E-state index in [1.807, 2.05) is 0 Å². The SMILES string of the molecule is COC(=O)c1csc(C2CC2C)n1. The van der Waals surface area contributed by atoms with Crippen molar-refractivity contribution >= 4 is 17.3 Å². The van der Waals surface area contributed by atoms with Gasteiger partial charge in [-0.15, -0.1) is 11.3 Å². The lowest BCUT2D eigenvalue weighted by Crippen LogP contribution is -2.01. The minimum Gasteiger partial charge on any atom is -0.464 e. The van der Waals surface area contributed by atoms with Gasteiger partial charge in [0, 0.05) is 11.3 Å². The van der Waals surface area contributed by atoms with Crippen molar-refractivity contribution in [2.45, 2.75) is 19.3 Å². The largest absolute Gasteiger partial charge is 0.464 e. The molecular formula is C9H11NO2S. The summed E-state index contributed by atoms with van der Waals surface area (Å²) < 4.78 is 4.58. The van der Waals surface area contributed by atoms with Gasteiger partial charge in [-0.2, -0.15) is 0 Å². The second kappa shape index (κ2) is 3.10. The van der Waals surface area contributed by atoms with Gasteiger partial charge in [-0.3, -0.25) is 0 Å². The number of ether oxygens (including phenoxy) is 1. The lowest BCUT2D eigenvalue weighted by atomic mass is 10.3. The van der Waals surface area contributed by atoms with Crippen LogP contribution in [0.25, 0.3) is 0 Å². The highest BCUT2D eigenvalue weighted by Gasteiger charge is 2.36.